The highest BCUT2D eigenvalue weighted by Gasteiger charge is 2.42. The average molecular weight is 465 g/mol. The smallest absolute Gasteiger partial charge is 0.254 e. The molecule has 4 nitrogen and oxygen atoms in total. The van der Waals surface area contributed by atoms with E-state index in [4.69, 9.17) is 0 Å². The van der Waals surface area contributed by atoms with Crippen molar-refractivity contribution in [1.29, 1.82) is 0 Å². The Morgan fingerprint density at radius 3 is 2.40 bits per heavy atom. The second-order valence-corrected chi connectivity index (χ2v) is 9.72. The van der Waals surface area contributed by atoms with Gasteiger partial charge in [-0.3, -0.25) is 9.59 Å². The fourth-order valence-corrected chi connectivity index (χ4v) is 4.71. The van der Waals surface area contributed by atoms with Crippen molar-refractivity contribution in [2.24, 2.45) is 5.41 Å². The summed E-state index contributed by atoms with van der Waals surface area (Å²) in [4.78, 5) is 26.7. The van der Waals surface area contributed by atoms with E-state index in [0.717, 1.165) is 39.1 Å². The van der Waals surface area contributed by atoms with Gasteiger partial charge in [0, 0.05) is 45.0 Å². The molecule has 0 spiro atoms. The second kappa shape index (κ2) is 7.88. The molecule has 0 aromatic heterocycles. The number of carbonyl (C=O) groups is 2. The van der Waals surface area contributed by atoms with Gasteiger partial charge in [-0.25, -0.2) is 0 Å². The third-order valence-corrected chi connectivity index (χ3v) is 6.25. The molecule has 1 aliphatic heterocycles. The minimum atomic E-state index is -0.387. The van der Waals surface area contributed by atoms with Crippen molar-refractivity contribution in [3.8, 4) is 0 Å². The molecule has 1 amide bonds. The molecule has 2 aliphatic rings. The van der Waals surface area contributed by atoms with Gasteiger partial charge in [0.2, 0.25) is 0 Å². The first-order chi connectivity index (χ1) is 14.2. The molecule has 0 saturated heterocycles. The van der Waals surface area contributed by atoms with E-state index in [2.05, 4.69) is 40.4 Å². The van der Waals surface area contributed by atoms with Gasteiger partial charge in [0.1, 0.15) is 0 Å². The fraction of sp³-hybridized carbons (Fsp3) is 0.280. The number of rotatable bonds is 3. The molecule has 4 rings (SSSR count). The molecular formula is C25H25BrN2O2. The van der Waals surface area contributed by atoms with Crippen molar-refractivity contribution in [3.63, 3.8) is 0 Å². The maximum atomic E-state index is 13.4. The van der Waals surface area contributed by atoms with Crippen LogP contribution in [0.2, 0.25) is 0 Å². The van der Waals surface area contributed by atoms with E-state index < -0.39 is 0 Å². The summed E-state index contributed by atoms with van der Waals surface area (Å²) in [6, 6.07) is 17.3. The van der Waals surface area contributed by atoms with Gasteiger partial charge in [0.15, 0.2) is 5.78 Å². The maximum Gasteiger partial charge on any atom is 0.254 e. The Kier molecular flexibility index (Phi) is 5.41. The summed E-state index contributed by atoms with van der Waals surface area (Å²) >= 11 is 3.48. The molecule has 0 bridgehead atoms. The van der Waals surface area contributed by atoms with Crippen molar-refractivity contribution in [2.75, 3.05) is 5.32 Å². The topological polar surface area (TPSA) is 58.2 Å². The van der Waals surface area contributed by atoms with Gasteiger partial charge in [0.05, 0.1) is 0 Å². The molecule has 2 aromatic carbocycles. The molecule has 2 aromatic rings. The third-order valence-electron chi connectivity index (χ3n) is 5.72. The molecule has 5 heteroatoms. The number of hydrogen-bond donors (Lipinski definition) is 2. The molecule has 1 atom stereocenters. The zero-order valence-electron chi connectivity index (χ0n) is 17.4. The first-order valence-corrected chi connectivity index (χ1v) is 10.9. The van der Waals surface area contributed by atoms with Gasteiger partial charge >= 0.3 is 0 Å². The van der Waals surface area contributed by atoms with Crippen LogP contribution in [0.3, 0.4) is 0 Å². The number of nitrogens with one attached hydrogen (secondary N) is 2. The van der Waals surface area contributed by atoms with Crippen LogP contribution in [-0.2, 0) is 9.59 Å². The van der Waals surface area contributed by atoms with Crippen LogP contribution in [0.15, 0.2) is 81.6 Å². The highest BCUT2D eigenvalue weighted by molar-refractivity contribution is 9.10. The summed E-state index contributed by atoms with van der Waals surface area (Å²) in [7, 11) is 0. The summed E-state index contributed by atoms with van der Waals surface area (Å²) in [5, 5.41) is 6.40. The molecule has 154 valence electrons. The minimum absolute atomic E-state index is 0.0999. The summed E-state index contributed by atoms with van der Waals surface area (Å²) < 4.78 is 0.960. The van der Waals surface area contributed by atoms with Crippen LogP contribution in [0.4, 0.5) is 5.69 Å². The molecule has 30 heavy (non-hydrogen) atoms. The average Bonchev–Trinajstić information content (AvgIpc) is 2.67. The van der Waals surface area contributed by atoms with E-state index in [0.29, 0.717) is 12.0 Å². The van der Waals surface area contributed by atoms with Gasteiger partial charge in [-0.05, 0) is 48.6 Å². The molecule has 1 heterocycles. The van der Waals surface area contributed by atoms with Crippen LogP contribution >= 0.6 is 15.9 Å². The van der Waals surface area contributed by atoms with E-state index in [-0.39, 0.29) is 23.0 Å². The van der Waals surface area contributed by atoms with Crippen LogP contribution < -0.4 is 10.6 Å². The molecule has 0 radical (unpaired) electrons. The number of dihydropyridines is 1. The second-order valence-electron chi connectivity index (χ2n) is 8.80. The standard InChI is InChI=1S/C25H25BrN2O2/c1-15-21(24(30)28-18-7-5-4-6-8-18)22(16-9-11-17(26)12-10-16)23-19(27-15)13-25(2,3)14-20(23)29/h4-12,22,27H,13-14H2,1-3H3,(H,28,30). The molecule has 0 saturated carbocycles. The van der Waals surface area contributed by atoms with E-state index >= 15 is 0 Å². The van der Waals surface area contributed by atoms with E-state index in [1.165, 1.54) is 0 Å². The normalized spacial score (nSPS) is 20.5. The number of amides is 1. The van der Waals surface area contributed by atoms with Crippen molar-refractivity contribution < 1.29 is 9.59 Å². The van der Waals surface area contributed by atoms with Crippen LogP contribution in [0.25, 0.3) is 0 Å². The lowest BCUT2D eigenvalue weighted by molar-refractivity contribution is -0.118. The number of halogens is 1. The highest BCUT2D eigenvalue weighted by Crippen LogP contribution is 2.46. The Bertz CT molecular complexity index is 1070. The summed E-state index contributed by atoms with van der Waals surface area (Å²) in [5.74, 6) is -0.468. The number of allylic oxidation sites excluding steroid dienone is 3. The number of benzene rings is 2. The number of ketones is 1. The highest BCUT2D eigenvalue weighted by atomic mass is 79.9. The Hall–Kier alpha value is -2.66. The molecule has 1 aliphatic carbocycles. The van der Waals surface area contributed by atoms with E-state index in [1.54, 1.807) is 0 Å². The Balaban J connectivity index is 1.81. The monoisotopic (exact) mass is 464 g/mol. The zero-order chi connectivity index (χ0) is 21.5. The van der Waals surface area contributed by atoms with E-state index in [1.807, 2.05) is 61.5 Å². The van der Waals surface area contributed by atoms with Crippen molar-refractivity contribution >= 4 is 33.3 Å². The van der Waals surface area contributed by atoms with Crippen molar-refractivity contribution in [3.05, 3.63) is 87.2 Å². The van der Waals surface area contributed by atoms with Gasteiger partial charge < -0.3 is 10.6 Å². The zero-order valence-corrected chi connectivity index (χ0v) is 19.0. The Morgan fingerprint density at radius 2 is 1.73 bits per heavy atom. The SMILES string of the molecule is CC1=C(C(=O)Nc2ccccc2)C(c2ccc(Br)cc2)C2=C(CC(C)(C)CC2=O)N1. The predicted molar refractivity (Wildman–Crippen MR) is 123 cm³/mol. The Labute approximate surface area is 185 Å². The molecule has 1 unspecified atom stereocenters. The number of para-hydroxylation sites is 1. The van der Waals surface area contributed by atoms with Crippen LogP contribution in [0.1, 0.15) is 45.1 Å². The lowest BCUT2D eigenvalue weighted by atomic mass is 9.68. The number of carbonyl (C=O) groups excluding carboxylic acids is 2. The van der Waals surface area contributed by atoms with Crippen LogP contribution in [-0.4, -0.2) is 11.7 Å². The summed E-state index contributed by atoms with van der Waals surface area (Å²) in [5.41, 5.74) is 4.62. The van der Waals surface area contributed by atoms with Crippen LogP contribution in [0, 0.1) is 5.41 Å². The number of anilines is 1. The predicted octanol–water partition coefficient (Wildman–Crippen LogP) is 5.69. The minimum Gasteiger partial charge on any atom is -0.362 e. The molecule has 0 fully saturated rings. The lowest BCUT2D eigenvalue weighted by Crippen LogP contribution is -2.39. The van der Waals surface area contributed by atoms with Crippen molar-refractivity contribution in [1.82, 2.24) is 5.32 Å². The van der Waals surface area contributed by atoms with Gasteiger partial charge in [-0.15, -0.1) is 0 Å². The number of Topliss-reactive ketones (excluding diaryl/α,β-unsaturated/α-hetero) is 1. The maximum absolute atomic E-state index is 13.4. The van der Waals surface area contributed by atoms with Crippen molar-refractivity contribution in [2.45, 2.75) is 39.5 Å². The quantitative estimate of drug-likeness (QED) is 0.612. The summed E-state index contributed by atoms with van der Waals surface area (Å²) in [6.45, 7) is 6.14. The lowest BCUT2D eigenvalue weighted by Gasteiger charge is -2.39. The first-order valence-electron chi connectivity index (χ1n) is 10.1. The number of hydrogen-bond acceptors (Lipinski definition) is 3. The molecule has 2 N–H and O–H groups in total. The fourth-order valence-electron chi connectivity index (χ4n) is 4.45. The van der Waals surface area contributed by atoms with Crippen LogP contribution in [0.5, 0.6) is 0 Å². The van der Waals surface area contributed by atoms with Gasteiger partial charge in [0.25, 0.3) is 5.91 Å². The van der Waals surface area contributed by atoms with Gasteiger partial charge in [-0.1, -0.05) is 60.1 Å². The largest absolute Gasteiger partial charge is 0.362 e. The first kappa shape index (κ1) is 20.6. The third kappa shape index (κ3) is 3.99. The van der Waals surface area contributed by atoms with Gasteiger partial charge in [-0.2, -0.15) is 0 Å². The van der Waals surface area contributed by atoms with E-state index in [9.17, 15) is 9.59 Å². The Morgan fingerprint density at radius 1 is 1.07 bits per heavy atom. The molecular weight excluding hydrogens is 440 g/mol. The summed E-state index contributed by atoms with van der Waals surface area (Å²) in [6.07, 6.45) is 1.26.